The van der Waals surface area contributed by atoms with E-state index in [1.165, 1.54) is 33.3 Å². The third-order valence-corrected chi connectivity index (χ3v) is 4.73. The summed E-state index contributed by atoms with van der Waals surface area (Å²) in [5, 5.41) is 0. The van der Waals surface area contributed by atoms with Gasteiger partial charge in [0.05, 0.1) is 7.74 Å². The lowest BCUT2D eigenvalue weighted by molar-refractivity contribution is 0.0487. The molecule has 1 atom stereocenters. The summed E-state index contributed by atoms with van der Waals surface area (Å²) in [6.45, 7) is 16.7. The lowest BCUT2D eigenvalue weighted by atomic mass is 9.40. The van der Waals surface area contributed by atoms with Gasteiger partial charge in [0.25, 0.3) is 0 Å². The molecular formula is C12H28B2N2. The summed E-state index contributed by atoms with van der Waals surface area (Å²) in [5.74, 6) is 0.739. The van der Waals surface area contributed by atoms with Crippen molar-refractivity contribution in [3.05, 3.63) is 0 Å². The Kier molecular flexibility index (Phi) is 4.93. The number of piperazine rings is 1. The van der Waals surface area contributed by atoms with E-state index in [2.05, 4.69) is 52.2 Å². The van der Waals surface area contributed by atoms with Gasteiger partial charge in [0.15, 0.2) is 0 Å². The second-order valence-electron chi connectivity index (χ2n) is 5.98. The van der Waals surface area contributed by atoms with Gasteiger partial charge in [-0.15, -0.1) is 0 Å². The molecule has 16 heavy (non-hydrogen) atoms. The molecule has 0 N–H and O–H groups in total. The van der Waals surface area contributed by atoms with E-state index >= 15 is 0 Å². The highest BCUT2D eigenvalue weighted by Crippen LogP contribution is 2.24. The average molecular weight is 222 g/mol. The fourth-order valence-electron chi connectivity index (χ4n) is 2.75. The maximum absolute atomic E-state index is 2.70. The molecule has 0 amide bonds. The quantitative estimate of drug-likeness (QED) is 0.634. The van der Waals surface area contributed by atoms with Crippen LogP contribution >= 0.6 is 0 Å². The lowest BCUT2D eigenvalue weighted by Crippen LogP contribution is -2.61. The second kappa shape index (κ2) is 5.59. The molecule has 0 bridgehead atoms. The van der Waals surface area contributed by atoms with E-state index in [1.807, 2.05) is 0 Å². The third-order valence-electron chi connectivity index (χ3n) is 4.73. The highest BCUT2D eigenvalue weighted by atomic mass is 15.3. The summed E-state index contributed by atoms with van der Waals surface area (Å²) < 4.78 is 0. The van der Waals surface area contributed by atoms with E-state index in [4.69, 9.17) is 0 Å². The average Bonchev–Trinajstić information content (AvgIpc) is 2.27. The maximum atomic E-state index is 2.70. The van der Waals surface area contributed by atoms with Crippen molar-refractivity contribution in [2.45, 2.75) is 46.1 Å². The second-order valence-corrected chi connectivity index (χ2v) is 5.98. The van der Waals surface area contributed by atoms with Crippen molar-refractivity contribution in [3.8, 4) is 0 Å². The summed E-state index contributed by atoms with van der Waals surface area (Å²) in [5.41, 5.74) is 0.392. The zero-order valence-corrected chi connectivity index (χ0v) is 12.1. The number of rotatable bonds is 4. The Balaban J connectivity index is 2.58. The van der Waals surface area contributed by atoms with Gasteiger partial charge in [-0.3, -0.25) is 4.90 Å². The van der Waals surface area contributed by atoms with E-state index in [-0.39, 0.29) is 0 Å². The van der Waals surface area contributed by atoms with Gasteiger partial charge >= 0.3 is 0 Å². The molecule has 0 radical (unpaired) electrons. The molecule has 1 aliphatic heterocycles. The minimum absolute atomic E-state index is 0.392. The molecule has 0 aliphatic carbocycles. The highest BCUT2D eigenvalue weighted by Gasteiger charge is 2.35. The number of hydrogen-bond donors (Lipinski definition) is 0. The number of nitrogens with zero attached hydrogens (tertiary/aromatic N) is 2. The minimum Gasteiger partial charge on any atom is -0.303 e. The summed E-state index contributed by atoms with van der Waals surface area (Å²) in [4.78, 5) is 5.30. The molecule has 1 saturated heterocycles. The summed E-state index contributed by atoms with van der Waals surface area (Å²) in [7, 11) is 3.58. The van der Waals surface area contributed by atoms with Crippen LogP contribution in [0.5, 0.6) is 0 Å². The van der Waals surface area contributed by atoms with Crippen LogP contribution < -0.4 is 0 Å². The van der Waals surface area contributed by atoms with Gasteiger partial charge in [0, 0.05) is 32.2 Å². The van der Waals surface area contributed by atoms with Crippen molar-refractivity contribution >= 4 is 14.9 Å². The van der Waals surface area contributed by atoms with Crippen LogP contribution in [0.1, 0.15) is 34.6 Å². The van der Waals surface area contributed by atoms with Crippen molar-refractivity contribution in [3.63, 3.8) is 0 Å². The molecule has 1 fully saturated rings. The van der Waals surface area contributed by atoms with E-state index in [0.717, 1.165) is 5.92 Å². The molecule has 1 aliphatic rings. The van der Waals surface area contributed by atoms with Gasteiger partial charge in [-0.1, -0.05) is 20.8 Å². The van der Waals surface area contributed by atoms with E-state index < -0.39 is 0 Å². The normalized spacial score (nSPS) is 23.7. The first kappa shape index (κ1) is 14.1. The van der Waals surface area contributed by atoms with Crippen molar-refractivity contribution < 1.29 is 0 Å². The summed E-state index contributed by atoms with van der Waals surface area (Å²) in [6.07, 6.45) is 0. The van der Waals surface area contributed by atoms with Gasteiger partial charge in [0.1, 0.15) is 7.17 Å². The summed E-state index contributed by atoms with van der Waals surface area (Å²) in [6, 6.07) is 0.703. The standard InChI is InChI=1S/C12H28B2N2/c1-10(2)12(5,14-13)16-8-6-15(7-9-16)11(3)4/h10-11,14H,6-9,13H2,1-5H3. The van der Waals surface area contributed by atoms with Gasteiger partial charge in [-0.2, -0.15) is 0 Å². The van der Waals surface area contributed by atoms with Crippen molar-refractivity contribution in [1.82, 2.24) is 9.80 Å². The van der Waals surface area contributed by atoms with Gasteiger partial charge in [0.2, 0.25) is 0 Å². The Morgan fingerprint density at radius 1 is 1.06 bits per heavy atom. The van der Waals surface area contributed by atoms with Crippen LogP contribution in [-0.4, -0.2) is 62.4 Å². The zero-order chi connectivity index (χ0) is 12.3. The van der Waals surface area contributed by atoms with Gasteiger partial charge in [-0.25, -0.2) is 0 Å². The van der Waals surface area contributed by atoms with E-state index in [1.54, 1.807) is 0 Å². The Morgan fingerprint density at radius 2 is 1.56 bits per heavy atom. The van der Waals surface area contributed by atoms with Gasteiger partial charge in [-0.05, 0) is 25.2 Å². The lowest BCUT2D eigenvalue weighted by Gasteiger charge is -2.49. The Bertz CT molecular complexity index is 213. The van der Waals surface area contributed by atoms with Crippen molar-refractivity contribution in [2.24, 2.45) is 5.92 Å². The topological polar surface area (TPSA) is 6.48 Å². The SMILES string of the molecule is BBC(C)(C(C)C)N1CCN(C(C)C)CC1. The predicted octanol–water partition coefficient (Wildman–Crippen LogP) is 0.369. The molecular weight excluding hydrogens is 194 g/mol. The van der Waals surface area contributed by atoms with Crippen molar-refractivity contribution in [2.75, 3.05) is 26.2 Å². The Labute approximate surface area is 103 Å². The molecule has 0 aromatic rings. The first-order chi connectivity index (χ1) is 7.41. The van der Waals surface area contributed by atoms with Crippen LogP contribution in [0.25, 0.3) is 0 Å². The third kappa shape index (κ3) is 2.84. The van der Waals surface area contributed by atoms with E-state index in [0.29, 0.717) is 11.5 Å². The fourth-order valence-corrected chi connectivity index (χ4v) is 2.75. The molecule has 0 aromatic heterocycles. The number of hydrogen-bond acceptors (Lipinski definition) is 2. The molecule has 4 heteroatoms. The first-order valence-corrected chi connectivity index (χ1v) is 6.91. The first-order valence-electron chi connectivity index (χ1n) is 6.91. The molecule has 0 spiro atoms. The van der Waals surface area contributed by atoms with Crippen molar-refractivity contribution in [1.29, 1.82) is 0 Å². The zero-order valence-electron chi connectivity index (χ0n) is 12.1. The molecule has 92 valence electrons. The predicted molar refractivity (Wildman–Crippen MR) is 77.2 cm³/mol. The van der Waals surface area contributed by atoms with Crippen LogP contribution in [0.3, 0.4) is 0 Å². The van der Waals surface area contributed by atoms with Crippen LogP contribution in [0.4, 0.5) is 0 Å². The van der Waals surface area contributed by atoms with Gasteiger partial charge < -0.3 is 4.90 Å². The maximum Gasteiger partial charge on any atom is 0.108 e. The van der Waals surface area contributed by atoms with Crippen LogP contribution in [0.15, 0.2) is 0 Å². The fraction of sp³-hybridized carbons (Fsp3) is 1.00. The van der Waals surface area contributed by atoms with Crippen LogP contribution in [0, 0.1) is 5.92 Å². The Hall–Kier alpha value is 0.0499. The Morgan fingerprint density at radius 3 is 1.88 bits per heavy atom. The van der Waals surface area contributed by atoms with E-state index in [9.17, 15) is 0 Å². The molecule has 0 aromatic carbocycles. The molecule has 1 rings (SSSR count). The smallest absolute Gasteiger partial charge is 0.108 e. The van der Waals surface area contributed by atoms with Crippen LogP contribution in [-0.2, 0) is 0 Å². The monoisotopic (exact) mass is 222 g/mol. The molecule has 0 saturated carbocycles. The molecule has 1 unspecified atom stereocenters. The summed E-state index contributed by atoms with van der Waals surface area (Å²) >= 11 is 0. The molecule has 2 nitrogen and oxygen atoms in total. The van der Waals surface area contributed by atoms with Crippen LogP contribution in [0.2, 0.25) is 0 Å². The highest BCUT2D eigenvalue weighted by molar-refractivity contribution is 6.91. The molecule has 1 heterocycles. The largest absolute Gasteiger partial charge is 0.303 e. The minimum atomic E-state index is 0.392.